The van der Waals surface area contributed by atoms with E-state index in [2.05, 4.69) is 5.32 Å². The van der Waals surface area contributed by atoms with Crippen molar-refractivity contribution >= 4 is 12.0 Å². The van der Waals surface area contributed by atoms with E-state index in [1.54, 1.807) is 20.8 Å². The number of nitrogens with one attached hydrogen (secondary N) is 1. The lowest BCUT2D eigenvalue weighted by Gasteiger charge is -2.51. The minimum atomic E-state index is -0.653. The van der Waals surface area contributed by atoms with Gasteiger partial charge in [-0.1, -0.05) is 12.8 Å². The fourth-order valence-electron chi connectivity index (χ4n) is 2.74. The van der Waals surface area contributed by atoms with E-state index in [0.29, 0.717) is 0 Å². The van der Waals surface area contributed by atoms with E-state index < -0.39 is 29.2 Å². The van der Waals surface area contributed by atoms with Crippen molar-refractivity contribution in [3.8, 4) is 0 Å². The molecule has 0 aromatic heterocycles. The second-order valence-corrected chi connectivity index (χ2v) is 6.04. The van der Waals surface area contributed by atoms with Gasteiger partial charge in [-0.3, -0.25) is 10.0 Å². The quantitative estimate of drug-likeness (QED) is 0.549. The zero-order chi connectivity index (χ0) is 13.6. The van der Waals surface area contributed by atoms with Crippen LogP contribution in [0.15, 0.2) is 0 Å². The topological polar surface area (TPSA) is 78.9 Å². The summed E-state index contributed by atoms with van der Waals surface area (Å²) in [5.74, 6) is -0.456. The van der Waals surface area contributed by atoms with Gasteiger partial charge in [0, 0.05) is 0 Å². The number of alkyl carbamates (subject to hydrolysis) is 1. The fourth-order valence-corrected chi connectivity index (χ4v) is 2.74. The molecule has 0 aromatic rings. The smallest absolute Gasteiger partial charge is 0.408 e. The highest BCUT2D eigenvalue weighted by Crippen LogP contribution is 2.44. The fraction of sp³-hybridized carbons (Fsp3) is 0.833. The summed E-state index contributed by atoms with van der Waals surface area (Å²) in [4.78, 5) is 23.3. The van der Waals surface area contributed by atoms with Crippen molar-refractivity contribution in [1.29, 1.82) is 0 Å². The number of rotatable bonds is 1. The van der Waals surface area contributed by atoms with Gasteiger partial charge in [0.05, 0.1) is 5.54 Å². The third-order valence-corrected chi connectivity index (χ3v) is 3.55. The van der Waals surface area contributed by atoms with Crippen molar-refractivity contribution < 1.29 is 19.5 Å². The van der Waals surface area contributed by atoms with E-state index in [9.17, 15) is 14.8 Å². The average Bonchev–Trinajstić information content (AvgIpc) is 2.73. The highest BCUT2D eigenvalue weighted by atomic mass is 16.6. The second kappa shape index (κ2) is 4.12. The summed E-state index contributed by atoms with van der Waals surface area (Å²) in [5.41, 5.74) is -1.20. The standard InChI is InChI=1S/C12H20N2O4/c1-11(2,3)18-10(16)13-8-9(15)14(17)12(8)6-4-5-7-12/h8,17H,4-7H2,1-3H3,(H,13,16). The number of amides is 2. The highest BCUT2D eigenvalue weighted by molar-refractivity contribution is 5.93. The van der Waals surface area contributed by atoms with Gasteiger partial charge in [0.25, 0.3) is 5.91 Å². The van der Waals surface area contributed by atoms with E-state index in [-0.39, 0.29) is 0 Å². The number of ether oxygens (including phenoxy) is 1. The molecule has 6 heteroatoms. The first-order valence-electron chi connectivity index (χ1n) is 6.29. The molecular formula is C12H20N2O4. The largest absolute Gasteiger partial charge is 0.444 e. The number of carbonyl (C=O) groups excluding carboxylic acids is 2. The SMILES string of the molecule is CC(C)(C)OC(=O)NC1C(=O)N(O)C12CCCC2. The molecule has 102 valence electrons. The average molecular weight is 256 g/mol. The summed E-state index contributed by atoms with van der Waals surface area (Å²) in [6, 6.07) is -0.653. The Hall–Kier alpha value is -1.30. The first kappa shape index (κ1) is 13.1. The molecule has 2 amide bonds. The maximum absolute atomic E-state index is 11.7. The molecule has 1 atom stereocenters. The molecule has 2 N–H and O–H groups in total. The van der Waals surface area contributed by atoms with Crippen LogP contribution in [0.4, 0.5) is 4.79 Å². The lowest BCUT2D eigenvalue weighted by atomic mass is 9.79. The normalized spacial score (nSPS) is 26.1. The molecule has 2 aliphatic rings. The van der Waals surface area contributed by atoms with E-state index >= 15 is 0 Å². The van der Waals surface area contributed by atoms with Crippen LogP contribution in [0.25, 0.3) is 0 Å². The van der Waals surface area contributed by atoms with Gasteiger partial charge in [-0.05, 0) is 33.6 Å². The van der Waals surface area contributed by atoms with Gasteiger partial charge in [0.2, 0.25) is 0 Å². The maximum Gasteiger partial charge on any atom is 0.408 e. The lowest BCUT2D eigenvalue weighted by Crippen LogP contribution is -2.77. The first-order valence-corrected chi connectivity index (χ1v) is 6.29. The molecule has 0 aromatic carbocycles. The monoisotopic (exact) mass is 256 g/mol. The van der Waals surface area contributed by atoms with E-state index in [1.165, 1.54) is 0 Å². The van der Waals surface area contributed by atoms with Crippen LogP contribution in [-0.2, 0) is 9.53 Å². The van der Waals surface area contributed by atoms with Crippen LogP contribution in [0.2, 0.25) is 0 Å². The Morgan fingerprint density at radius 1 is 1.44 bits per heavy atom. The molecule has 1 aliphatic carbocycles. The summed E-state index contributed by atoms with van der Waals surface area (Å²) in [6.07, 6.45) is 2.74. The predicted molar refractivity (Wildman–Crippen MR) is 63.0 cm³/mol. The Bertz CT molecular complexity index is 369. The third kappa shape index (κ3) is 2.05. The second-order valence-electron chi connectivity index (χ2n) is 6.04. The van der Waals surface area contributed by atoms with Crippen LogP contribution >= 0.6 is 0 Å². The molecule has 1 aliphatic heterocycles. The molecular weight excluding hydrogens is 236 g/mol. The van der Waals surface area contributed by atoms with E-state index in [0.717, 1.165) is 30.7 Å². The molecule has 6 nitrogen and oxygen atoms in total. The summed E-state index contributed by atoms with van der Waals surface area (Å²) >= 11 is 0. The van der Waals surface area contributed by atoms with Gasteiger partial charge >= 0.3 is 6.09 Å². The predicted octanol–water partition coefficient (Wildman–Crippen LogP) is 1.42. The maximum atomic E-state index is 11.7. The van der Waals surface area contributed by atoms with E-state index in [1.807, 2.05) is 0 Å². The molecule has 1 heterocycles. The number of hydrogen-bond acceptors (Lipinski definition) is 4. The van der Waals surface area contributed by atoms with Gasteiger partial charge in [0.15, 0.2) is 0 Å². The van der Waals surface area contributed by atoms with Crippen LogP contribution in [0, 0.1) is 0 Å². The van der Waals surface area contributed by atoms with Gasteiger partial charge in [-0.15, -0.1) is 0 Å². The van der Waals surface area contributed by atoms with E-state index in [4.69, 9.17) is 4.74 Å². The number of β-lactam (4-membered cyclic amide) rings is 1. The van der Waals surface area contributed by atoms with Crippen molar-refractivity contribution in [3.63, 3.8) is 0 Å². The molecule has 1 spiro atoms. The minimum Gasteiger partial charge on any atom is -0.444 e. The highest BCUT2D eigenvalue weighted by Gasteiger charge is 2.62. The Balaban J connectivity index is 2.00. The summed E-state index contributed by atoms with van der Waals surface area (Å²) in [7, 11) is 0. The number of hydroxylamine groups is 2. The van der Waals surface area contributed by atoms with Gasteiger partial charge < -0.3 is 10.1 Å². The Kier molecular flexibility index (Phi) is 3.01. The van der Waals surface area contributed by atoms with Crippen molar-refractivity contribution in [2.75, 3.05) is 0 Å². The van der Waals surface area contributed by atoms with Crippen molar-refractivity contribution in [3.05, 3.63) is 0 Å². The van der Waals surface area contributed by atoms with Crippen molar-refractivity contribution in [2.45, 2.75) is 63.6 Å². The molecule has 1 unspecified atom stereocenters. The van der Waals surface area contributed by atoms with Crippen LogP contribution in [0.5, 0.6) is 0 Å². The van der Waals surface area contributed by atoms with Crippen molar-refractivity contribution in [2.24, 2.45) is 0 Å². The van der Waals surface area contributed by atoms with Gasteiger partial charge in [-0.2, -0.15) is 0 Å². The van der Waals surface area contributed by atoms with Crippen LogP contribution in [-0.4, -0.2) is 39.5 Å². The van der Waals surface area contributed by atoms with Crippen LogP contribution in [0.1, 0.15) is 46.5 Å². The van der Waals surface area contributed by atoms with Crippen molar-refractivity contribution in [1.82, 2.24) is 10.4 Å². The molecule has 2 fully saturated rings. The molecule has 1 saturated heterocycles. The number of carbonyl (C=O) groups is 2. The third-order valence-electron chi connectivity index (χ3n) is 3.55. The van der Waals surface area contributed by atoms with Crippen LogP contribution < -0.4 is 5.32 Å². The Morgan fingerprint density at radius 2 is 2.00 bits per heavy atom. The summed E-state index contributed by atoms with van der Waals surface area (Å²) in [6.45, 7) is 5.29. The zero-order valence-corrected chi connectivity index (χ0v) is 11.0. The zero-order valence-electron chi connectivity index (χ0n) is 11.0. The summed E-state index contributed by atoms with van der Waals surface area (Å²) in [5, 5.41) is 13.0. The van der Waals surface area contributed by atoms with Gasteiger partial charge in [0.1, 0.15) is 11.6 Å². The Labute approximate surface area is 106 Å². The first-order chi connectivity index (χ1) is 8.26. The molecule has 0 radical (unpaired) electrons. The number of nitrogens with zero attached hydrogens (tertiary/aromatic N) is 1. The van der Waals surface area contributed by atoms with Gasteiger partial charge in [-0.25, -0.2) is 9.86 Å². The molecule has 0 bridgehead atoms. The minimum absolute atomic E-state index is 0.456. The van der Waals surface area contributed by atoms with Crippen LogP contribution in [0.3, 0.4) is 0 Å². The Morgan fingerprint density at radius 3 is 2.50 bits per heavy atom. The summed E-state index contributed by atoms with van der Waals surface area (Å²) < 4.78 is 5.13. The lowest BCUT2D eigenvalue weighted by molar-refractivity contribution is -0.238. The number of hydrogen-bond donors (Lipinski definition) is 2. The molecule has 18 heavy (non-hydrogen) atoms. The molecule has 1 saturated carbocycles. The molecule has 2 rings (SSSR count).